The van der Waals surface area contributed by atoms with Crippen LogP contribution in [0.1, 0.15) is 0 Å². The normalized spacial score (nSPS) is 11.1. The third kappa shape index (κ3) is 4.85. The number of hydrogen-bond donors (Lipinski definition) is 1. The van der Waals surface area contributed by atoms with Crippen LogP contribution in [0.5, 0.6) is 0 Å². The van der Waals surface area contributed by atoms with Crippen LogP contribution in [0.3, 0.4) is 0 Å². The van der Waals surface area contributed by atoms with E-state index in [1.54, 1.807) is 54.6 Å². The number of halogens is 3. The molecule has 5 nitrogen and oxygen atoms in total. The molecule has 1 amide bonds. The lowest BCUT2D eigenvalue weighted by Gasteiger charge is -2.25. The third-order valence-electron chi connectivity index (χ3n) is 3.97. The summed E-state index contributed by atoms with van der Waals surface area (Å²) in [6.07, 6.45) is 0. The Kier molecular flexibility index (Phi) is 6.70. The molecule has 29 heavy (non-hydrogen) atoms. The summed E-state index contributed by atoms with van der Waals surface area (Å²) in [5.74, 6) is -0.603. The summed E-state index contributed by atoms with van der Waals surface area (Å²) in [4.78, 5) is 12.7. The maximum Gasteiger partial charge on any atom is 0.264 e. The molecule has 0 fully saturated rings. The Balaban J connectivity index is 1.97. The second-order valence-electron chi connectivity index (χ2n) is 5.93. The molecule has 3 aromatic rings. The molecule has 9 heteroatoms. The Hall–Kier alpha value is -2.25. The van der Waals surface area contributed by atoms with Crippen molar-refractivity contribution in [2.75, 3.05) is 16.2 Å². The van der Waals surface area contributed by atoms with Gasteiger partial charge in [-0.2, -0.15) is 0 Å². The number of para-hydroxylation sites is 1. The molecular formula is C20H15Cl3N2O3S. The van der Waals surface area contributed by atoms with Crippen LogP contribution >= 0.6 is 34.8 Å². The van der Waals surface area contributed by atoms with Crippen molar-refractivity contribution < 1.29 is 13.2 Å². The molecule has 0 radical (unpaired) electrons. The first-order chi connectivity index (χ1) is 13.8. The summed E-state index contributed by atoms with van der Waals surface area (Å²) in [5, 5.41) is 3.22. The zero-order valence-electron chi connectivity index (χ0n) is 14.8. The van der Waals surface area contributed by atoms with Crippen molar-refractivity contribution >= 4 is 62.1 Å². The highest BCUT2D eigenvalue weighted by atomic mass is 35.5. The van der Waals surface area contributed by atoms with Gasteiger partial charge >= 0.3 is 0 Å². The lowest BCUT2D eigenvalue weighted by Crippen LogP contribution is -2.38. The number of sulfonamides is 1. The lowest BCUT2D eigenvalue weighted by molar-refractivity contribution is -0.114. The van der Waals surface area contributed by atoms with Gasteiger partial charge in [-0.1, -0.05) is 71.2 Å². The first kappa shape index (κ1) is 21.5. The predicted molar refractivity (Wildman–Crippen MR) is 118 cm³/mol. The zero-order chi connectivity index (χ0) is 21.0. The smallest absolute Gasteiger partial charge is 0.264 e. The number of amides is 1. The quantitative estimate of drug-likeness (QED) is 0.520. The molecule has 0 aliphatic rings. The molecule has 1 N–H and O–H groups in total. The minimum atomic E-state index is -4.05. The number of nitrogens with zero attached hydrogens (tertiary/aromatic N) is 1. The number of rotatable bonds is 6. The van der Waals surface area contributed by atoms with Crippen molar-refractivity contribution in [2.45, 2.75) is 4.90 Å². The Morgan fingerprint density at radius 1 is 0.828 bits per heavy atom. The molecule has 0 unspecified atom stereocenters. The standard InChI is InChI=1S/C20H15Cl3N2O3S/c21-15-9-4-5-12-18(15)25(29(27,28)14-7-2-1-3-8-14)13-19(26)24-17-11-6-10-16(22)20(17)23/h1-12H,13H2,(H,24,26). The van der Waals surface area contributed by atoms with Crippen LogP contribution < -0.4 is 9.62 Å². The fraction of sp³-hybridized carbons (Fsp3) is 0.0500. The Morgan fingerprint density at radius 3 is 2.14 bits per heavy atom. The molecule has 0 saturated heterocycles. The highest BCUT2D eigenvalue weighted by Crippen LogP contribution is 2.32. The van der Waals surface area contributed by atoms with Crippen molar-refractivity contribution in [2.24, 2.45) is 0 Å². The topological polar surface area (TPSA) is 66.5 Å². The second-order valence-corrected chi connectivity index (χ2v) is 8.98. The molecule has 0 aliphatic heterocycles. The van der Waals surface area contributed by atoms with Gasteiger partial charge in [0.2, 0.25) is 5.91 Å². The number of anilines is 2. The van der Waals surface area contributed by atoms with E-state index >= 15 is 0 Å². The largest absolute Gasteiger partial charge is 0.323 e. The summed E-state index contributed by atoms with van der Waals surface area (Å²) >= 11 is 18.3. The maximum atomic E-state index is 13.2. The van der Waals surface area contributed by atoms with Gasteiger partial charge in [-0.25, -0.2) is 8.42 Å². The molecule has 0 spiro atoms. The van der Waals surface area contributed by atoms with E-state index in [2.05, 4.69) is 5.32 Å². The maximum absolute atomic E-state index is 13.2. The van der Waals surface area contributed by atoms with Gasteiger partial charge < -0.3 is 5.32 Å². The molecule has 150 valence electrons. The second kappa shape index (κ2) is 9.05. The first-order valence-electron chi connectivity index (χ1n) is 8.37. The van der Waals surface area contributed by atoms with E-state index < -0.39 is 22.5 Å². The molecule has 0 heterocycles. The van der Waals surface area contributed by atoms with Gasteiger partial charge in [0.1, 0.15) is 6.54 Å². The van der Waals surface area contributed by atoms with Gasteiger partial charge in [-0.3, -0.25) is 9.10 Å². The first-order valence-corrected chi connectivity index (χ1v) is 10.9. The SMILES string of the molecule is O=C(CN(c1ccccc1Cl)S(=O)(=O)c1ccccc1)Nc1cccc(Cl)c1Cl. The monoisotopic (exact) mass is 468 g/mol. The third-order valence-corrected chi connectivity index (χ3v) is 6.88. The fourth-order valence-electron chi connectivity index (χ4n) is 2.59. The van der Waals surface area contributed by atoms with E-state index in [-0.39, 0.29) is 31.3 Å². The van der Waals surface area contributed by atoms with E-state index in [0.29, 0.717) is 0 Å². The van der Waals surface area contributed by atoms with Crippen LogP contribution in [-0.2, 0) is 14.8 Å². The zero-order valence-corrected chi connectivity index (χ0v) is 17.9. The molecule has 3 rings (SSSR count). The minimum Gasteiger partial charge on any atom is -0.323 e. The van der Waals surface area contributed by atoms with Gasteiger partial charge in [-0.15, -0.1) is 0 Å². The van der Waals surface area contributed by atoms with Crippen molar-refractivity contribution in [1.29, 1.82) is 0 Å². The van der Waals surface area contributed by atoms with E-state index in [4.69, 9.17) is 34.8 Å². The average molecular weight is 470 g/mol. The van der Waals surface area contributed by atoms with Crippen LogP contribution in [0.4, 0.5) is 11.4 Å². The Bertz CT molecular complexity index is 1140. The van der Waals surface area contributed by atoms with Crippen LogP contribution in [-0.4, -0.2) is 20.9 Å². The van der Waals surface area contributed by atoms with Crippen LogP contribution in [0.25, 0.3) is 0 Å². The van der Waals surface area contributed by atoms with E-state index in [1.165, 1.54) is 18.2 Å². The molecular weight excluding hydrogens is 455 g/mol. The fourth-order valence-corrected chi connectivity index (χ4v) is 4.69. The van der Waals surface area contributed by atoms with Crippen molar-refractivity contribution in [3.8, 4) is 0 Å². The van der Waals surface area contributed by atoms with Gasteiger partial charge in [0.05, 0.1) is 31.3 Å². The highest BCUT2D eigenvalue weighted by Gasteiger charge is 2.28. The summed E-state index contributed by atoms with van der Waals surface area (Å²) in [7, 11) is -4.05. The van der Waals surface area contributed by atoms with Gasteiger partial charge in [-0.05, 0) is 36.4 Å². The molecule has 0 saturated carbocycles. The molecule has 3 aromatic carbocycles. The van der Waals surface area contributed by atoms with Crippen molar-refractivity contribution in [1.82, 2.24) is 0 Å². The molecule has 0 aliphatic carbocycles. The minimum absolute atomic E-state index is 0.0357. The number of hydrogen-bond acceptors (Lipinski definition) is 3. The van der Waals surface area contributed by atoms with Gasteiger partial charge in [0.25, 0.3) is 10.0 Å². The van der Waals surface area contributed by atoms with E-state index in [0.717, 1.165) is 4.31 Å². The molecule has 0 aromatic heterocycles. The van der Waals surface area contributed by atoms with Crippen molar-refractivity contribution in [3.63, 3.8) is 0 Å². The number of benzene rings is 3. The van der Waals surface area contributed by atoms with E-state index in [1.807, 2.05) is 0 Å². The molecule has 0 bridgehead atoms. The van der Waals surface area contributed by atoms with Gasteiger partial charge in [0.15, 0.2) is 0 Å². The number of carbonyl (C=O) groups excluding carboxylic acids is 1. The van der Waals surface area contributed by atoms with Crippen molar-refractivity contribution in [3.05, 3.63) is 87.9 Å². The van der Waals surface area contributed by atoms with E-state index in [9.17, 15) is 13.2 Å². The van der Waals surface area contributed by atoms with Crippen LogP contribution in [0.2, 0.25) is 15.1 Å². The summed E-state index contributed by atoms with van der Waals surface area (Å²) in [6.45, 7) is -0.510. The Labute approximate surface area is 183 Å². The molecule has 0 atom stereocenters. The lowest BCUT2D eigenvalue weighted by atomic mass is 10.3. The van der Waals surface area contributed by atoms with Gasteiger partial charge in [0, 0.05) is 0 Å². The highest BCUT2D eigenvalue weighted by molar-refractivity contribution is 7.92. The predicted octanol–water partition coefficient (Wildman–Crippen LogP) is 5.48. The summed E-state index contributed by atoms with van der Waals surface area (Å²) in [6, 6.07) is 19.0. The summed E-state index contributed by atoms with van der Waals surface area (Å²) in [5.41, 5.74) is 0.464. The Morgan fingerprint density at radius 2 is 1.45 bits per heavy atom. The number of nitrogens with one attached hydrogen (secondary N) is 1. The number of carbonyl (C=O) groups is 1. The van der Waals surface area contributed by atoms with Crippen LogP contribution in [0, 0.1) is 0 Å². The average Bonchev–Trinajstić information content (AvgIpc) is 2.71. The summed E-state index contributed by atoms with van der Waals surface area (Å²) < 4.78 is 27.4. The van der Waals surface area contributed by atoms with Crippen LogP contribution in [0.15, 0.2) is 77.7 Å².